The molecular formula is C18H14BrClN2O2. The fourth-order valence-corrected chi connectivity index (χ4v) is 3.05. The summed E-state index contributed by atoms with van der Waals surface area (Å²) in [7, 11) is 0. The fourth-order valence-electron chi connectivity index (χ4n) is 2.66. The number of amides is 2. The number of hydrogen-bond donors (Lipinski definition) is 2. The summed E-state index contributed by atoms with van der Waals surface area (Å²) in [4.78, 5) is 24.9. The molecule has 0 aliphatic carbocycles. The summed E-state index contributed by atoms with van der Waals surface area (Å²) in [6.07, 6.45) is 0. The molecule has 2 amide bonds. The van der Waals surface area contributed by atoms with Gasteiger partial charge in [0.05, 0.1) is 6.04 Å². The lowest BCUT2D eigenvalue weighted by atomic mass is 9.90. The zero-order chi connectivity index (χ0) is 17.3. The third-order valence-corrected chi connectivity index (χ3v) is 4.60. The molecule has 24 heavy (non-hydrogen) atoms. The highest BCUT2D eigenvalue weighted by molar-refractivity contribution is 9.10. The standard InChI is InChI=1S/C18H14BrClN2O2/c1-10-15(17(23)12-4-8-14(20)9-5-12)16(22-18(24)21-10)11-2-6-13(19)7-3-11/h2-9,16H,1H3,(H2,21,22,24)/t16-/m1/s1. The molecule has 0 saturated heterocycles. The molecule has 2 N–H and O–H groups in total. The zero-order valence-electron chi connectivity index (χ0n) is 12.8. The molecule has 1 aliphatic heterocycles. The van der Waals surface area contributed by atoms with E-state index in [0.29, 0.717) is 21.9 Å². The number of nitrogens with one attached hydrogen (secondary N) is 2. The highest BCUT2D eigenvalue weighted by atomic mass is 79.9. The Hall–Kier alpha value is -2.11. The van der Waals surface area contributed by atoms with Crippen molar-refractivity contribution in [3.63, 3.8) is 0 Å². The van der Waals surface area contributed by atoms with Crippen LogP contribution in [0.4, 0.5) is 4.79 Å². The van der Waals surface area contributed by atoms with E-state index < -0.39 is 6.04 Å². The number of carbonyl (C=O) groups excluding carboxylic acids is 2. The van der Waals surface area contributed by atoms with Crippen LogP contribution in [0.3, 0.4) is 0 Å². The Morgan fingerprint density at radius 1 is 1.08 bits per heavy atom. The average molecular weight is 406 g/mol. The van der Waals surface area contributed by atoms with Gasteiger partial charge >= 0.3 is 6.03 Å². The molecule has 2 aromatic carbocycles. The highest BCUT2D eigenvalue weighted by Crippen LogP contribution is 2.30. The number of benzene rings is 2. The van der Waals surface area contributed by atoms with Crippen molar-refractivity contribution in [3.05, 3.63) is 80.4 Å². The minimum Gasteiger partial charge on any atom is -0.327 e. The summed E-state index contributed by atoms with van der Waals surface area (Å²) in [6, 6.07) is 13.4. The first-order valence-electron chi connectivity index (χ1n) is 7.29. The molecule has 0 fully saturated rings. The topological polar surface area (TPSA) is 58.2 Å². The van der Waals surface area contributed by atoms with Crippen LogP contribution in [0.25, 0.3) is 0 Å². The molecule has 0 radical (unpaired) electrons. The van der Waals surface area contributed by atoms with Crippen LogP contribution >= 0.6 is 27.5 Å². The Morgan fingerprint density at radius 3 is 2.33 bits per heavy atom. The van der Waals surface area contributed by atoms with Crippen molar-refractivity contribution < 1.29 is 9.59 Å². The predicted molar refractivity (Wildman–Crippen MR) is 97.0 cm³/mol. The molecule has 0 spiro atoms. The quantitative estimate of drug-likeness (QED) is 0.732. The van der Waals surface area contributed by atoms with Gasteiger partial charge < -0.3 is 10.6 Å². The lowest BCUT2D eigenvalue weighted by Gasteiger charge is -2.28. The van der Waals surface area contributed by atoms with E-state index >= 15 is 0 Å². The lowest BCUT2D eigenvalue weighted by Crippen LogP contribution is -2.45. The number of ketones is 1. The minimum atomic E-state index is -0.505. The average Bonchev–Trinajstić information content (AvgIpc) is 2.55. The van der Waals surface area contributed by atoms with Crippen molar-refractivity contribution in [2.75, 3.05) is 0 Å². The van der Waals surface area contributed by atoms with E-state index in [1.54, 1.807) is 31.2 Å². The molecule has 1 heterocycles. The van der Waals surface area contributed by atoms with Gasteiger partial charge in [-0.2, -0.15) is 0 Å². The molecule has 1 aliphatic rings. The lowest BCUT2D eigenvalue weighted by molar-refractivity contribution is 0.102. The first-order chi connectivity index (χ1) is 11.5. The Kier molecular flexibility index (Phi) is 4.73. The Bertz CT molecular complexity index is 829. The van der Waals surface area contributed by atoms with Gasteiger partial charge in [0.2, 0.25) is 0 Å². The normalized spacial score (nSPS) is 17.3. The predicted octanol–water partition coefficient (Wildman–Crippen LogP) is 4.61. The van der Waals surface area contributed by atoms with E-state index in [2.05, 4.69) is 26.6 Å². The number of carbonyl (C=O) groups is 2. The van der Waals surface area contributed by atoms with Crippen LogP contribution in [-0.2, 0) is 0 Å². The van der Waals surface area contributed by atoms with E-state index in [9.17, 15) is 9.59 Å². The Balaban J connectivity index is 2.04. The van der Waals surface area contributed by atoms with E-state index in [-0.39, 0.29) is 11.8 Å². The van der Waals surface area contributed by atoms with Crippen LogP contribution in [0.1, 0.15) is 28.9 Å². The zero-order valence-corrected chi connectivity index (χ0v) is 15.1. The Labute approximate surface area is 153 Å². The van der Waals surface area contributed by atoms with Crippen LogP contribution in [0, 0.1) is 0 Å². The van der Waals surface area contributed by atoms with Gasteiger partial charge in [-0.15, -0.1) is 0 Å². The summed E-state index contributed by atoms with van der Waals surface area (Å²) in [5, 5.41) is 6.07. The first-order valence-corrected chi connectivity index (χ1v) is 8.47. The fraction of sp³-hybridized carbons (Fsp3) is 0.111. The minimum absolute atomic E-state index is 0.149. The van der Waals surface area contributed by atoms with Gasteiger partial charge in [0.15, 0.2) is 5.78 Å². The van der Waals surface area contributed by atoms with Gasteiger partial charge in [-0.05, 0) is 48.9 Å². The number of hydrogen-bond acceptors (Lipinski definition) is 2. The van der Waals surface area contributed by atoms with Crippen LogP contribution in [-0.4, -0.2) is 11.8 Å². The maximum atomic E-state index is 13.0. The van der Waals surface area contributed by atoms with Gasteiger partial charge in [0.25, 0.3) is 0 Å². The van der Waals surface area contributed by atoms with Crippen molar-refractivity contribution in [2.24, 2.45) is 0 Å². The van der Waals surface area contributed by atoms with E-state index in [4.69, 9.17) is 11.6 Å². The molecular weight excluding hydrogens is 392 g/mol. The van der Waals surface area contributed by atoms with Crippen molar-refractivity contribution in [2.45, 2.75) is 13.0 Å². The molecule has 0 unspecified atom stereocenters. The molecule has 4 nitrogen and oxygen atoms in total. The van der Waals surface area contributed by atoms with Crippen LogP contribution < -0.4 is 10.6 Å². The summed E-state index contributed by atoms with van der Waals surface area (Å²) >= 11 is 9.28. The van der Waals surface area contributed by atoms with E-state index in [1.807, 2.05) is 24.3 Å². The largest absolute Gasteiger partial charge is 0.327 e. The molecule has 3 rings (SSSR count). The van der Waals surface area contributed by atoms with Gasteiger partial charge in [0.1, 0.15) is 0 Å². The Morgan fingerprint density at radius 2 is 1.71 bits per heavy atom. The molecule has 6 heteroatoms. The van der Waals surface area contributed by atoms with Gasteiger partial charge in [-0.25, -0.2) is 4.79 Å². The van der Waals surface area contributed by atoms with Gasteiger partial charge in [0, 0.05) is 26.3 Å². The third kappa shape index (κ3) is 3.37. The molecule has 2 aromatic rings. The number of allylic oxidation sites excluding steroid dienone is 1. The number of rotatable bonds is 3. The first kappa shape index (κ1) is 16.7. The van der Waals surface area contributed by atoms with Gasteiger partial charge in [-0.1, -0.05) is 39.7 Å². The van der Waals surface area contributed by atoms with Crippen molar-refractivity contribution >= 4 is 39.3 Å². The molecule has 0 saturated carbocycles. The second kappa shape index (κ2) is 6.79. The summed E-state index contributed by atoms with van der Waals surface area (Å²) in [5.74, 6) is -0.149. The monoisotopic (exact) mass is 404 g/mol. The van der Waals surface area contributed by atoms with Gasteiger partial charge in [-0.3, -0.25) is 4.79 Å². The van der Waals surface area contributed by atoms with Crippen LogP contribution in [0.2, 0.25) is 5.02 Å². The molecule has 0 bridgehead atoms. The smallest absolute Gasteiger partial charge is 0.319 e. The second-order valence-corrected chi connectivity index (χ2v) is 6.81. The molecule has 1 atom stereocenters. The molecule has 122 valence electrons. The SMILES string of the molecule is CC1=C(C(=O)c2ccc(Cl)cc2)[C@@H](c2ccc(Br)cc2)NC(=O)N1. The van der Waals surface area contributed by atoms with Crippen LogP contribution in [0.15, 0.2) is 64.3 Å². The van der Waals surface area contributed by atoms with Crippen molar-refractivity contribution in [1.82, 2.24) is 10.6 Å². The number of urea groups is 1. The summed E-state index contributed by atoms with van der Waals surface area (Å²) < 4.78 is 0.929. The summed E-state index contributed by atoms with van der Waals surface area (Å²) in [5.41, 5.74) is 2.42. The molecule has 0 aromatic heterocycles. The van der Waals surface area contributed by atoms with Crippen LogP contribution in [0.5, 0.6) is 0 Å². The van der Waals surface area contributed by atoms with Crippen molar-refractivity contribution in [3.8, 4) is 0 Å². The number of halogens is 2. The second-order valence-electron chi connectivity index (χ2n) is 5.46. The highest BCUT2D eigenvalue weighted by Gasteiger charge is 2.31. The maximum absolute atomic E-state index is 13.0. The summed E-state index contributed by atoms with van der Waals surface area (Å²) in [6.45, 7) is 1.73. The van der Waals surface area contributed by atoms with E-state index in [0.717, 1.165) is 10.0 Å². The van der Waals surface area contributed by atoms with E-state index in [1.165, 1.54) is 0 Å². The third-order valence-electron chi connectivity index (χ3n) is 3.82. The maximum Gasteiger partial charge on any atom is 0.319 e. The number of Topliss-reactive ketones (excluding diaryl/α,β-unsaturated/α-hetero) is 1. The van der Waals surface area contributed by atoms with Crippen molar-refractivity contribution in [1.29, 1.82) is 0 Å².